The number of halogens is 9. The van der Waals surface area contributed by atoms with Gasteiger partial charge < -0.3 is 4.74 Å². The van der Waals surface area contributed by atoms with Gasteiger partial charge >= 0.3 is 6.11 Å². The van der Waals surface area contributed by atoms with Crippen LogP contribution in [0.4, 0.5) is 39.5 Å². The van der Waals surface area contributed by atoms with Crippen molar-refractivity contribution in [2.75, 3.05) is 0 Å². The molecule has 236 valence electrons. The summed E-state index contributed by atoms with van der Waals surface area (Å²) >= 11 is 0. The number of allylic oxidation sites excluding steroid dienone is 2. The Kier molecular flexibility index (Phi) is 9.27. The molecule has 0 aliphatic heterocycles. The van der Waals surface area contributed by atoms with E-state index in [0.717, 1.165) is 36.1 Å². The summed E-state index contributed by atoms with van der Waals surface area (Å²) in [6.45, 7) is 2.04. The van der Waals surface area contributed by atoms with E-state index in [0.29, 0.717) is 17.7 Å². The molecular weight excluding hydrogens is 619 g/mol. The molecule has 5 aromatic carbocycles. The van der Waals surface area contributed by atoms with Gasteiger partial charge in [0.05, 0.1) is 0 Å². The molecule has 0 aliphatic rings. The predicted octanol–water partition coefficient (Wildman–Crippen LogP) is 11.3. The van der Waals surface area contributed by atoms with Crippen molar-refractivity contribution in [1.82, 2.24) is 0 Å². The molecule has 0 heterocycles. The maximum Gasteiger partial charge on any atom is 0.432 e. The largest absolute Gasteiger partial charge is 0.432 e. The molecule has 0 atom stereocenters. The fourth-order valence-corrected chi connectivity index (χ4v) is 4.86. The average molecular weight is 643 g/mol. The molecule has 0 saturated heterocycles. The molecule has 5 rings (SSSR count). The average Bonchev–Trinajstić information content (AvgIpc) is 2.99. The Labute approximate surface area is 258 Å². The minimum atomic E-state index is -4.80. The first-order chi connectivity index (χ1) is 21.9. The van der Waals surface area contributed by atoms with Crippen LogP contribution in [0.5, 0.6) is 5.75 Å². The number of ether oxygens (including phenoxy) is 1. The van der Waals surface area contributed by atoms with Crippen LogP contribution in [0.1, 0.15) is 24.5 Å². The maximum absolute atomic E-state index is 15.2. The highest BCUT2D eigenvalue weighted by molar-refractivity contribution is 5.74. The zero-order valence-corrected chi connectivity index (χ0v) is 24.0. The second kappa shape index (κ2) is 13.2. The van der Waals surface area contributed by atoms with E-state index in [2.05, 4.69) is 16.9 Å². The molecule has 0 amide bonds. The second-order valence-electron chi connectivity index (χ2n) is 10.3. The minimum Gasteiger partial charge on any atom is -0.429 e. The van der Waals surface area contributed by atoms with Crippen LogP contribution in [-0.4, -0.2) is 0 Å². The molecular formula is C36H23F9O. The topological polar surface area (TPSA) is 9.23 Å². The van der Waals surface area contributed by atoms with Gasteiger partial charge in [0.1, 0.15) is 34.6 Å². The number of hydrogen-bond acceptors (Lipinski definition) is 1. The summed E-state index contributed by atoms with van der Waals surface area (Å²) in [5.74, 6) is -12.3. The van der Waals surface area contributed by atoms with Gasteiger partial charge in [-0.1, -0.05) is 67.6 Å². The monoisotopic (exact) mass is 642 g/mol. The third-order valence-electron chi connectivity index (χ3n) is 7.14. The predicted molar refractivity (Wildman–Crippen MR) is 157 cm³/mol. The number of hydrogen-bond donors (Lipinski definition) is 0. The van der Waals surface area contributed by atoms with E-state index in [4.69, 9.17) is 0 Å². The second-order valence-corrected chi connectivity index (χ2v) is 10.3. The highest BCUT2D eigenvalue weighted by Crippen LogP contribution is 2.39. The molecule has 10 heteroatoms. The lowest BCUT2D eigenvalue weighted by molar-refractivity contribution is -0.189. The lowest BCUT2D eigenvalue weighted by Gasteiger charge is -2.20. The van der Waals surface area contributed by atoms with Crippen LogP contribution in [0.3, 0.4) is 0 Å². The maximum atomic E-state index is 15.2. The zero-order valence-electron chi connectivity index (χ0n) is 24.0. The Hall–Kier alpha value is -4.99. The van der Waals surface area contributed by atoms with Crippen LogP contribution in [0.15, 0.2) is 97.1 Å². The fourth-order valence-electron chi connectivity index (χ4n) is 4.86. The molecule has 0 aromatic heterocycles. The molecule has 0 saturated carbocycles. The van der Waals surface area contributed by atoms with Gasteiger partial charge in [0.25, 0.3) is 0 Å². The Morgan fingerprint density at radius 1 is 0.543 bits per heavy atom. The van der Waals surface area contributed by atoms with Gasteiger partial charge in [0.2, 0.25) is 0 Å². The molecule has 0 N–H and O–H groups in total. The molecule has 0 fully saturated rings. The summed E-state index contributed by atoms with van der Waals surface area (Å²) in [6, 6.07) is 16.4. The molecule has 1 nitrogen and oxygen atoms in total. The molecule has 5 aromatic rings. The number of alkyl halides is 2. The van der Waals surface area contributed by atoms with E-state index in [1.165, 1.54) is 18.2 Å². The summed E-state index contributed by atoms with van der Waals surface area (Å²) < 4.78 is 133. The Bertz CT molecular complexity index is 1890. The van der Waals surface area contributed by atoms with E-state index in [1.54, 1.807) is 6.07 Å². The highest BCUT2D eigenvalue weighted by atomic mass is 19.3. The molecule has 0 unspecified atom stereocenters. The lowest BCUT2D eigenvalue weighted by atomic mass is 9.96. The molecule has 46 heavy (non-hydrogen) atoms. The van der Waals surface area contributed by atoms with Gasteiger partial charge in [0.15, 0.2) is 17.5 Å². The van der Waals surface area contributed by atoms with Crippen molar-refractivity contribution in [3.05, 3.63) is 149 Å². The van der Waals surface area contributed by atoms with Gasteiger partial charge in [0, 0.05) is 23.3 Å². The smallest absolute Gasteiger partial charge is 0.429 e. The normalized spacial score (nSPS) is 11.8. The Morgan fingerprint density at radius 2 is 1.04 bits per heavy atom. The van der Waals surface area contributed by atoms with Gasteiger partial charge in [-0.05, 0) is 64.9 Å². The molecule has 0 bridgehead atoms. The van der Waals surface area contributed by atoms with Crippen molar-refractivity contribution in [2.24, 2.45) is 0 Å². The van der Waals surface area contributed by atoms with Crippen molar-refractivity contribution in [2.45, 2.75) is 25.9 Å². The summed E-state index contributed by atoms with van der Waals surface area (Å²) in [5.41, 5.74) is -0.160. The van der Waals surface area contributed by atoms with Crippen molar-refractivity contribution in [1.29, 1.82) is 0 Å². The van der Waals surface area contributed by atoms with Crippen LogP contribution in [-0.2, 0) is 12.5 Å². The minimum absolute atomic E-state index is 0.0497. The summed E-state index contributed by atoms with van der Waals surface area (Å²) in [6.07, 6.45) is 1.04. The van der Waals surface area contributed by atoms with E-state index in [1.807, 2.05) is 31.2 Å². The first-order valence-electron chi connectivity index (χ1n) is 13.9. The van der Waals surface area contributed by atoms with Gasteiger partial charge in [-0.2, -0.15) is 8.78 Å². The van der Waals surface area contributed by atoms with Crippen LogP contribution in [0, 0.1) is 40.7 Å². The van der Waals surface area contributed by atoms with E-state index in [9.17, 15) is 30.7 Å². The third kappa shape index (κ3) is 6.80. The van der Waals surface area contributed by atoms with Gasteiger partial charge in [-0.25, -0.2) is 30.7 Å². The number of benzene rings is 5. The summed E-state index contributed by atoms with van der Waals surface area (Å²) in [5, 5.41) is 0. The molecule has 0 aliphatic carbocycles. The van der Waals surface area contributed by atoms with Gasteiger partial charge in [-0.15, -0.1) is 0 Å². The third-order valence-corrected chi connectivity index (χ3v) is 7.14. The lowest BCUT2D eigenvalue weighted by Crippen LogP contribution is -2.25. The van der Waals surface area contributed by atoms with Crippen molar-refractivity contribution >= 4 is 0 Å². The van der Waals surface area contributed by atoms with Crippen molar-refractivity contribution in [3.63, 3.8) is 0 Å². The molecule has 0 radical (unpaired) electrons. The Morgan fingerprint density at radius 3 is 1.61 bits per heavy atom. The van der Waals surface area contributed by atoms with E-state index in [-0.39, 0.29) is 28.8 Å². The molecule has 0 spiro atoms. The van der Waals surface area contributed by atoms with Crippen LogP contribution < -0.4 is 4.74 Å². The van der Waals surface area contributed by atoms with E-state index >= 15 is 8.78 Å². The van der Waals surface area contributed by atoms with Crippen LogP contribution >= 0.6 is 0 Å². The fraction of sp³-hybridized carbons (Fsp3) is 0.111. The highest BCUT2D eigenvalue weighted by Gasteiger charge is 2.41. The summed E-state index contributed by atoms with van der Waals surface area (Å²) in [4.78, 5) is 0. The zero-order chi connectivity index (χ0) is 33.2. The van der Waals surface area contributed by atoms with E-state index < -0.39 is 63.7 Å². The summed E-state index contributed by atoms with van der Waals surface area (Å²) in [7, 11) is 0. The van der Waals surface area contributed by atoms with Crippen molar-refractivity contribution in [3.8, 4) is 39.1 Å². The quantitative estimate of drug-likeness (QED) is 0.0883. The standard InChI is InChI=1S/C36H23F9O/c1-2-3-4-5-20-6-8-21(9-7-20)22-10-12-26(28(37)14-22)23-11-13-27(29(38)15-23)24-16-30(39)34(31(40)17-24)36(44,45)46-25-18-32(41)35(43)33(42)19-25/h3-4,6-19H,2,5H2,1H3/b4-3-. The first kappa shape index (κ1) is 32.4. The SMILES string of the molecule is CC/C=C\Cc1ccc(-c2ccc(-c3ccc(-c4cc(F)c(C(F)(F)Oc5cc(F)c(F)c(F)c5)c(F)c4)c(F)c3)c(F)c2)cc1. The van der Waals surface area contributed by atoms with Gasteiger partial charge in [-0.3, -0.25) is 0 Å². The van der Waals surface area contributed by atoms with Crippen LogP contribution in [0.2, 0.25) is 0 Å². The number of rotatable bonds is 9. The van der Waals surface area contributed by atoms with Crippen LogP contribution in [0.25, 0.3) is 33.4 Å². The first-order valence-corrected chi connectivity index (χ1v) is 13.9. The Balaban J connectivity index is 1.38. The van der Waals surface area contributed by atoms with Crippen molar-refractivity contribution < 1.29 is 44.3 Å².